The monoisotopic (exact) mass is 280 g/mol. The number of rotatable bonds is 5. The second-order valence-corrected chi connectivity index (χ2v) is 5.60. The molecule has 1 atom stereocenters. The largest absolute Gasteiger partial charge is 0.459 e. The van der Waals surface area contributed by atoms with Crippen LogP contribution in [0.4, 0.5) is 0 Å². The van der Waals surface area contributed by atoms with Gasteiger partial charge in [-0.2, -0.15) is 0 Å². The molecule has 2 aromatic rings. The van der Waals surface area contributed by atoms with Crippen molar-refractivity contribution in [2.45, 2.75) is 17.9 Å². The third-order valence-corrected chi connectivity index (χ3v) is 3.93. The summed E-state index contributed by atoms with van der Waals surface area (Å²) in [6, 6.07) is 7.33. The molecule has 102 valence electrons. The van der Waals surface area contributed by atoms with Gasteiger partial charge >= 0.3 is 0 Å². The maximum atomic E-state index is 11.9. The molecule has 2 rings (SSSR count). The first-order valence-electron chi connectivity index (χ1n) is 5.91. The number of para-hydroxylation sites is 1. The van der Waals surface area contributed by atoms with Crippen molar-refractivity contribution in [3.8, 4) is 0 Å². The number of carbonyl (C=O) groups excluding carboxylic acids is 1. The number of thioether (sulfide) groups is 1. The summed E-state index contributed by atoms with van der Waals surface area (Å²) in [5.41, 5.74) is 3.27. The number of aliphatic hydroxyl groups excluding tert-OH is 1. The highest BCUT2D eigenvalue weighted by Gasteiger charge is 2.20. The van der Waals surface area contributed by atoms with Crippen molar-refractivity contribution < 1.29 is 14.3 Å². The van der Waals surface area contributed by atoms with Crippen LogP contribution < -0.4 is 11.3 Å². The van der Waals surface area contributed by atoms with E-state index in [0.29, 0.717) is 22.7 Å². The molecule has 5 nitrogen and oxygen atoms in total. The minimum absolute atomic E-state index is 0.0852. The first-order valence-corrected chi connectivity index (χ1v) is 6.96. The first-order chi connectivity index (χ1) is 9.17. The lowest BCUT2D eigenvalue weighted by Gasteiger charge is -2.06. The van der Waals surface area contributed by atoms with Crippen LogP contribution in [-0.2, 0) is 5.75 Å². The predicted octanol–water partition coefficient (Wildman–Crippen LogP) is 1.65. The van der Waals surface area contributed by atoms with Crippen LogP contribution in [0.5, 0.6) is 0 Å². The number of aliphatic hydroxyl groups is 1. The third kappa shape index (κ3) is 2.91. The van der Waals surface area contributed by atoms with Crippen molar-refractivity contribution in [2.24, 2.45) is 5.84 Å². The summed E-state index contributed by atoms with van der Waals surface area (Å²) in [7, 11) is 0. The van der Waals surface area contributed by atoms with E-state index in [1.165, 1.54) is 11.8 Å². The Morgan fingerprint density at radius 1 is 1.53 bits per heavy atom. The van der Waals surface area contributed by atoms with E-state index < -0.39 is 0 Å². The van der Waals surface area contributed by atoms with E-state index in [9.17, 15) is 4.79 Å². The van der Waals surface area contributed by atoms with Crippen LogP contribution in [0.3, 0.4) is 0 Å². The number of hydrogen-bond acceptors (Lipinski definition) is 5. The molecule has 4 N–H and O–H groups in total. The normalized spacial score (nSPS) is 12.6. The highest BCUT2D eigenvalue weighted by molar-refractivity contribution is 7.99. The minimum Gasteiger partial charge on any atom is -0.459 e. The van der Waals surface area contributed by atoms with Crippen LogP contribution in [0, 0.1) is 0 Å². The van der Waals surface area contributed by atoms with Crippen LogP contribution in [0.1, 0.15) is 23.0 Å². The predicted molar refractivity (Wildman–Crippen MR) is 75.7 cm³/mol. The van der Waals surface area contributed by atoms with Crippen LogP contribution in [-0.4, -0.2) is 22.9 Å². The number of carbonyl (C=O) groups is 1. The molecule has 0 aliphatic rings. The lowest BCUT2D eigenvalue weighted by atomic mass is 10.1. The number of hydrazine groups is 1. The molecule has 1 amide bonds. The fraction of sp³-hybridized carbons (Fsp3) is 0.308. The molecule has 0 bridgehead atoms. The second-order valence-electron chi connectivity index (χ2n) is 4.17. The smallest absolute Gasteiger partial charge is 0.269 e. The number of nitrogens with one attached hydrogen (secondary N) is 1. The quantitative estimate of drug-likeness (QED) is 0.440. The number of nitrogen functional groups attached to an aromatic ring is 1. The summed E-state index contributed by atoms with van der Waals surface area (Å²) in [5, 5.41) is 9.86. The van der Waals surface area contributed by atoms with Crippen molar-refractivity contribution >= 4 is 28.6 Å². The molecule has 1 aromatic heterocycles. The van der Waals surface area contributed by atoms with Gasteiger partial charge in [0.1, 0.15) is 11.3 Å². The number of fused-ring (bicyclic) bond motifs is 1. The van der Waals surface area contributed by atoms with E-state index in [0.717, 1.165) is 5.39 Å². The maximum absolute atomic E-state index is 11.9. The number of amides is 1. The lowest BCUT2D eigenvalue weighted by Crippen LogP contribution is -2.30. The van der Waals surface area contributed by atoms with E-state index >= 15 is 0 Å². The molecule has 0 radical (unpaired) electrons. The summed E-state index contributed by atoms with van der Waals surface area (Å²) < 4.78 is 5.70. The lowest BCUT2D eigenvalue weighted by molar-refractivity contribution is 0.0953. The van der Waals surface area contributed by atoms with Crippen molar-refractivity contribution in [1.29, 1.82) is 0 Å². The number of nitrogens with two attached hydrogens (primary N) is 1. The van der Waals surface area contributed by atoms with Gasteiger partial charge in [-0.05, 0) is 6.07 Å². The van der Waals surface area contributed by atoms with Crippen molar-refractivity contribution in [1.82, 2.24) is 5.43 Å². The number of hydrogen-bond donors (Lipinski definition) is 3. The van der Waals surface area contributed by atoms with E-state index in [4.69, 9.17) is 15.4 Å². The fourth-order valence-electron chi connectivity index (χ4n) is 1.79. The summed E-state index contributed by atoms with van der Waals surface area (Å²) in [4.78, 5) is 11.9. The molecule has 1 unspecified atom stereocenters. The summed E-state index contributed by atoms with van der Waals surface area (Å²) in [6.07, 6.45) is 0. The van der Waals surface area contributed by atoms with Crippen molar-refractivity contribution in [3.05, 3.63) is 35.6 Å². The second kappa shape index (κ2) is 6.10. The highest BCUT2D eigenvalue weighted by Crippen LogP contribution is 2.29. The molecule has 6 heteroatoms. The van der Waals surface area contributed by atoms with Gasteiger partial charge in [0.15, 0.2) is 0 Å². The van der Waals surface area contributed by atoms with Gasteiger partial charge in [-0.25, -0.2) is 5.84 Å². The Kier molecular flexibility index (Phi) is 4.47. The Labute approximate surface area is 115 Å². The zero-order valence-corrected chi connectivity index (χ0v) is 11.4. The van der Waals surface area contributed by atoms with Gasteiger partial charge in [-0.1, -0.05) is 25.1 Å². The van der Waals surface area contributed by atoms with E-state index in [-0.39, 0.29) is 17.8 Å². The maximum Gasteiger partial charge on any atom is 0.269 e. The van der Waals surface area contributed by atoms with Gasteiger partial charge in [-0.15, -0.1) is 11.8 Å². The first kappa shape index (κ1) is 13.9. The van der Waals surface area contributed by atoms with Crippen molar-refractivity contribution in [3.63, 3.8) is 0 Å². The minimum atomic E-state index is -0.364. The molecule has 0 spiro atoms. The Morgan fingerprint density at radius 3 is 2.95 bits per heavy atom. The van der Waals surface area contributed by atoms with Crippen LogP contribution in [0.2, 0.25) is 0 Å². The highest BCUT2D eigenvalue weighted by atomic mass is 32.2. The molecular formula is C13H16N2O3S. The number of benzene rings is 1. The molecule has 1 heterocycles. The zero-order chi connectivity index (χ0) is 13.8. The summed E-state index contributed by atoms with van der Waals surface area (Å²) in [5.74, 6) is 5.94. The van der Waals surface area contributed by atoms with Crippen LogP contribution >= 0.6 is 11.8 Å². The average Bonchev–Trinajstić information content (AvgIpc) is 2.82. The van der Waals surface area contributed by atoms with Crippen molar-refractivity contribution in [2.75, 3.05) is 6.61 Å². The Morgan fingerprint density at radius 2 is 2.26 bits per heavy atom. The molecule has 0 aliphatic heterocycles. The van der Waals surface area contributed by atoms with E-state index in [1.807, 2.05) is 31.2 Å². The third-order valence-electron chi connectivity index (χ3n) is 2.78. The Hall–Kier alpha value is -1.50. The number of furan rings is 1. The summed E-state index contributed by atoms with van der Waals surface area (Å²) in [6.45, 7) is 2.00. The standard InChI is InChI=1S/C13H16N2O3S/c1-8(6-16)19-7-11-12(13(17)15-14)9-4-2-3-5-10(9)18-11/h2-5,8,16H,6-7,14H2,1H3,(H,15,17). The molecule has 0 saturated carbocycles. The van der Waals surface area contributed by atoms with Crippen LogP contribution in [0.15, 0.2) is 28.7 Å². The topological polar surface area (TPSA) is 88.5 Å². The van der Waals surface area contributed by atoms with E-state index in [1.54, 1.807) is 0 Å². The summed E-state index contributed by atoms with van der Waals surface area (Å²) >= 11 is 1.52. The zero-order valence-electron chi connectivity index (χ0n) is 10.6. The molecule has 0 aliphatic carbocycles. The molecule has 19 heavy (non-hydrogen) atoms. The van der Waals surface area contributed by atoms with Gasteiger partial charge in [0.25, 0.3) is 5.91 Å². The SMILES string of the molecule is CC(CO)SCc1oc2ccccc2c1C(=O)NN. The van der Waals surface area contributed by atoms with Gasteiger partial charge in [0.2, 0.25) is 0 Å². The van der Waals surface area contributed by atoms with Crippen LogP contribution in [0.25, 0.3) is 11.0 Å². The van der Waals surface area contributed by atoms with Gasteiger partial charge in [0, 0.05) is 10.6 Å². The Bertz CT molecular complexity index is 582. The molecule has 0 fully saturated rings. The average molecular weight is 280 g/mol. The molecule has 0 saturated heterocycles. The Balaban J connectivity index is 2.38. The van der Waals surface area contributed by atoms with Gasteiger partial charge < -0.3 is 9.52 Å². The fourth-order valence-corrected chi connectivity index (χ4v) is 2.53. The van der Waals surface area contributed by atoms with E-state index in [2.05, 4.69) is 5.43 Å². The molecule has 1 aromatic carbocycles. The van der Waals surface area contributed by atoms with Gasteiger partial charge in [-0.3, -0.25) is 10.2 Å². The molecular weight excluding hydrogens is 264 g/mol. The van der Waals surface area contributed by atoms with Gasteiger partial charge in [0.05, 0.1) is 17.9 Å².